The highest BCUT2D eigenvalue weighted by atomic mass is 16.5. The van der Waals surface area contributed by atoms with Crippen LogP contribution in [0.3, 0.4) is 0 Å². The summed E-state index contributed by atoms with van der Waals surface area (Å²) in [4.78, 5) is 11.1. The highest BCUT2D eigenvalue weighted by molar-refractivity contribution is 5.90. The van der Waals surface area contributed by atoms with E-state index in [4.69, 9.17) is 10.00 Å². The van der Waals surface area contributed by atoms with E-state index in [9.17, 15) is 4.79 Å². The zero-order chi connectivity index (χ0) is 13.0. The van der Waals surface area contributed by atoms with Gasteiger partial charge in [-0.05, 0) is 25.0 Å². The van der Waals surface area contributed by atoms with E-state index in [1.165, 1.54) is 6.92 Å². The van der Waals surface area contributed by atoms with E-state index in [-0.39, 0.29) is 11.3 Å². The Hall–Kier alpha value is -2.02. The van der Waals surface area contributed by atoms with Gasteiger partial charge in [0, 0.05) is 18.8 Å². The van der Waals surface area contributed by atoms with Crippen molar-refractivity contribution in [3.8, 4) is 11.8 Å². The third kappa shape index (κ3) is 3.01. The number of nitrogens with zero attached hydrogens (tertiary/aromatic N) is 1. The summed E-state index contributed by atoms with van der Waals surface area (Å²) in [7, 11) is 0. The molecule has 0 unspecified atom stereocenters. The molecule has 0 aliphatic heterocycles. The Morgan fingerprint density at radius 2 is 2.22 bits per heavy atom. The van der Waals surface area contributed by atoms with Gasteiger partial charge in [0.2, 0.25) is 5.91 Å². The summed E-state index contributed by atoms with van der Waals surface area (Å²) in [6, 6.07) is 9.55. The molecule has 0 saturated heterocycles. The Bertz CT molecular complexity index is 487. The molecule has 1 aromatic rings. The third-order valence-corrected chi connectivity index (χ3v) is 3.14. The minimum absolute atomic E-state index is 0.0398. The van der Waals surface area contributed by atoms with Crippen molar-refractivity contribution in [1.29, 1.82) is 5.26 Å². The van der Waals surface area contributed by atoms with Crippen LogP contribution in [-0.2, 0) is 4.79 Å². The number of ether oxygens (including phenoxy) is 1. The SMILES string of the molecule is CC(=O)Nc1ccccc1OCC1(CC#N)CC1. The second-order valence-corrected chi connectivity index (χ2v) is 4.80. The number of carbonyl (C=O) groups excluding carboxylic acids is 1. The van der Waals surface area contributed by atoms with Crippen LogP contribution in [0.2, 0.25) is 0 Å². The first-order valence-corrected chi connectivity index (χ1v) is 6.02. The van der Waals surface area contributed by atoms with Gasteiger partial charge in [-0.15, -0.1) is 0 Å². The average molecular weight is 244 g/mol. The van der Waals surface area contributed by atoms with Crippen molar-refractivity contribution < 1.29 is 9.53 Å². The van der Waals surface area contributed by atoms with Crippen LogP contribution in [0, 0.1) is 16.7 Å². The lowest BCUT2D eigenvalue weighted by atomic mass is 10.1. The fraction of sp³-hybridized carbons (Fsp3) is 0.429. The number of nitriles is 1. The molecule has 0 bridgehead atoms. The predicted octanol–water partition coefficient (Wildman–Crippen LogP) is 2.72. The van der Waals surface area contributed by atoms with Crippen molar-refractivity contribution in [3.63, 3.8) is 0 Å². The number of hydrogen-bond acceptors (Lipinski definition) is 3. The highest BCUT2D eigenvalue weighted by Gasteiger charge is 2.43. The average Bonchev–Trinajstić information content (AvgIpc) is 3.08. The molecule has 4 nitrogen and oxygen atoms in total. The van der Waals surface area contributed by atoms with Crippen LogP contribution in [0.25, 0.3) is 0 Å². The summed E-state index contributed by atoms with van der Waals surface area (Å²) in [6.07, 6.45) is 2.63. The first kappa shape index (κ1) is 12.4. The molecule has 1 N–H and O–H groups in total. The maximum absolute atomic E-state index is 11.1. The second kappa shape index (κ2) is 5.09. The standard InChI is InChI=1S/C14H16N2O2/c1-11(17)16-12-4-2-3-5-13(12)18-10-14(6-7-14)8-9-15/h2-5H,6-8,10H2,1H3,(H,16,17). The Morgan fingerprint density at radius 1 is 1.50 bits per heavy atom. The van der Waals surface area contributed by atoms with Gasteiger partial charge in [-0.2, -0.15) is 5.26 Å². The van der Waals surface area contributed by atoms with Crippen molar-refractivity contribution in [3.05, 3.63) is 24.3 Å². The number of amides is 1. The summed E-state index contributed by atoms with van der Waals surface area (Å²) < 4.78 is 5.75. The normalized spacial score (nSPS) is 15.6. The van der Waals surface area contributed by atoms with E-state index in [1.807, 2.05) is 18.2 Å². The molecule has 0 spiro atoms. The first-order valence-electron chi connectivity index (χ1n) is 6.02. The van der Waals surface area contributed by atoms with E-state index >= 15 is 0 Å². The molecule has 0 atom stereocenters. The summed E-state index contributed by atoms with van der Waals surface area (Å²) >= 11 is 0. The Morgan fingerprint density at radius 3 is 2.83 bits per heavy atom. The van der Waals surface area contributed by atoms with Gasteiger partial charge in [0.1, 0.15) is 5.75 Å². The minimum Gasteiger partial charge on any atom is -0.491 e. The van der Waals surface area contributed by atoms with Crippen LogP contribution in [0.15, 0.2) is 24.3 Å². The van der Waals surface area contributed by atoms with Crippen molar-refractivity contribution in [2.24, 2.45) is 5.41 Å². The number of para-hydroxylation sites is 2. The van der Waals surface area contributed by atoms with Gasteiger partial charge < -0.3 is 10.1 Å². The van der Waals surface area contributed by atoms with Gasteiger partial charge in [-0.3, -0.25) is 4.79 Å². The Balaban J connectivity index is 2.01. The van der Waals surface area contributed by atoms with Gasteiger partial charge in [0.05, 0.1) is 18.4 Å². The van der Waals surface area contributed by atoms with Crippen molar-refractivity contribution >= 4 is 11.6 Å². The van der Waals surface area contributed by atoms with Crippen LogP contribution in [0.5, 0.6) is 5.75 Å². The molecule has 1 aromatic carbocycles. The van der Waals surface area contributed by atoms with E-state index in [1.54, 1.807) is 6.07 Å². The van der Waals surface area contributed by atoms with Gasteiger partial charge in [-0.1, -0.05) is 12.1 Å². The van der Waals surface area contributed by atoms with Crippen LogP contribution in [-0.4, -0.2) is 12.5 Å². The second-order valence-electron chi connectivity index (χ2n) is 4.80. The molecule has 94 valence electrons. The molecule has 1 amide bonds. The molecule has 0 aromatic heterocycles. The van der Waals surface area contributed by atoms with E-state index in [2.05, 4.69) is 11.4 Å². The van der Waals surface area contributed by atoms with Crippen LogP contribution < -0.4 is 10.1 Å². The summed E-state index contributed by atoms with van der Waals surface area (Å²) in [5.41, 5.74) is 0.718. The van der Waals surface area contributed by atoms with Crippen LogP contribution >= 0.6 is 0 Å². The lowest BCUT2D eigenvalue weighted by Gasteiger charge is -2.15. The fourth-order valence-electron chi connectivity index (χ4n) is 1.83. The molecule has 2 rings (SSSR count). The number of carbonyl (C=O) groups is 1. The fourth-order valence-corrected chi connectivity index (χ4v) is 1.83. The molecule has 1 aliphatic rings. The maximum Gasteiger partial charge on any atom is 0.221 e. The van der Waals surface area contributed by atoms with Crippen molar-refractivity contribution in [2.45, 2.75) is 26.2 Å². The number of benzene rings is 1. The number of rotatable bonds is 5. The summed E-state index contributed by atoms with van der Waals surface area (Å²) in [6.45, 7) is 2.01. The molecular weight excluding hydrogens is 228 g/mol. The quantitative estimate of drug-likeness (QED) is 0.866. The lowest BCUT2D eigenvalue weighted by Crippen LogP contribution is -2.14. The zero-order valence-electron chi connectivity index (χ0n) is 10.4. The molecule has 0 heterocycles. The third-order valence-electron chi connectivity index (χ3n) is 3.14. The minimum atomic E-state index is -0.121. The Labute approximate surface area is 107 Å². The molecular formula is C14H16N2O2. The lowest BCUT2D eigenvalue weighted by molar-refractivity contribution is -0.114. The van der Waals surface area contributed by atoms with Crippen molar-refractivity contribution in [1.82, 2.24) is 0 Å². The van der Waals surface area contributed by atoms with Gasteiger partial charge in [0.15, 0.2) is 0 Å². The molecule has 1 aliphatic carbocycles. The Kier molecular flexibility index (Phi) is 3.52. The van der Waals surface area contributed by atoms with Crippen LogP contribution in [0.1, 0.15) is 26.2 Å². The number of hydrogen-bond donors (Lipinski definition) is 1. The first-order chi connectivity index (χ1) is 8.65. The molecule has 1 saturated carbocycles. The van der Waals surface area contributed by atoms with Gasteiger partial charge >= 0.3 is 0 Å². The summed E-state index contributed by atoms with van der Waals surface area (Å²) in [5.74, 6) is 0.543. The monoisotopic (exact) mass is 244 g/mol. The smallest absolute Gasteiger partial charge is 0.221 e. The molecule has 4 heteroatoms. The molecule has 0 radical (unpaired) electrons. The maximum atomic E-state index is 11.1. The van der Waals surface area contributed by atoms with E-state index < -0.39 is 0 Å². The van der Waals surface area contributed by atoms with Gasteiger partial charge in [-0.25, -0.2) is 0 Å². The van der Waals surface area contributed by atoms with Crippen LogP contribution in [0.4, 0.5) is 5.69 Å². The zero-order valence-corrected chi connectivity index (χ0v) is 10.4. The summed E-state index contributed by atoms with van der Waals surface area (Å²) in [5, 5.41) is 11.5. The van der Waals surface area contributed by atoms with Gasteiger partial charge in [0.25, 0.3) is 0 Å². The molecule has 18 heavy (non-hydrogen) atoms. The highest BCUT2D eigenvalue weighted by Crippen LogP contribution is 2.49. The van der Waals surface area contributed by atoms with E-state index in [0.717, 1.165) is 12.8 Å². The topological polar surface area (TPSA) is 62.1 Å². The van der Waals surface area contributed by atoms with E-state index in [0.29, 0.717) is 24.5 Å². The largest absolute Gasteiger partial charge is 0.491 e. The van der Waals surface area contributed by atoms with Crippen molar-refractivity contribution in [2.75, 3.05) is 11.9 Å². The predicted molar refractivity (Wildman–Crippen MR) is 68.1 cm³/mol. The molecule has 1 fully saturated rings. The number of anilines is 1. The number of nitrogens with one attached hydrogen (secondary N) is 1.